The molecule has 0 aliphatic carbocycles. The number of aliphatic hydroxyl groups is 1. The van der Waals surface area contributed by atoms with Crippen molar-refractivity contribution >= 4 is 11.8 Å². The molecule has 0 spiro atoms. The number of hydrogen-bond acceptors (Lipinski definition) is 7. The maximum Gasteiger partial charge on any atom is 0.252 e. The molecule has 8 nitrogen and oxygen atoms in total. The number of hydrogen-bond donors (Lipinski definition) is 2. The monoisotopic (exact) mass is 544 g/mol. The molecule has 0 fully saturated rings. The van der Waals surface area contributed by atoms with E-state index in [0.717, 1.165) is 22.4 Å². The zero-order chi connectivity index (χ0) is 28.4. The van der Waals surface area contributed by atoms with Gasteiger partial charge in [0.05, 0.1) is 20.8 Å². The largest absolute Gasteiger partial charge is 0.497 e. The molecule has 210 valence electrons. The topological polar surface area (TPSA) is 98.6 Å². The number of rotatable bonds is 14. The summed E-state index contributed by atoms with van der Waals surface area (Å²) in [6.45, 7) is 4.85. The Morgan fingerprint density at radius 2 is 1.77 bits per heavy atom. The van der Waals surface area contributed by atoms with E-state index in [1.54, 1.807) is 20.3 Å². The second-order valence-corrected chi connectivity index (χ2v) is 9.41. The number of benzene rings is 3. The van der Waals surface area contributed by atoms with Gasteiger partial charge in [0.25, 0.3) is 5.91 Å². The van der Waals surface area contributed by atoms with E-state index < -0.39 is 11.6 Å². The number of amides is 1. The third kappa shape index (κ3) is 6.63. The summed E-state index contributed by atoms with van der Waals surface area (Å²) in [4.78, 5) is 18.9. The Hall–Kier alpha value is -4.30. The van der Waals surface area contributed by atoms with E-state index in [-0.39, 0.29) is 18.9 Å². The third-order valence-corrected chi connectivity index (χ3v) is 6.74. The van der Waals surface area contributed by atoms with E-state index in [2.05, 4.69) is 11.9 Å². The van der Waals surface area contributed by atoms with Gasteiger partial charge in [-0.15, -0.1) is 6.58 Å². The van der Waals surface area contributed by atoms with Crippen LogP contribution in [0.3, 0.4) is 0 Å². The molecule has 0 saturated carbocycles. The van der Waals surface area contributed by atoms with Crippen LogP contribution < -0.4 is 19.5 Å². The fourth-order valence-corrected chi connectivity index (χ4v) is 4.61. The van der Waals surface area contributed by atoms with Crippen LogP contribution >= 0.6 is 0 Å². The lowest BCUT2D eigenvalue weighted by atomic mass is 9.84. The minimum atomic E-state index is -1.26. The SMILES string of the molecule is C=CC[C@@]1(C(=O)NCCc2ccc(OC)cc2)N=C(c2ccc(OCCCO)cc2)O[C@@H]1c1cccc(OC)c1. The summed E-state index contributed by atoms with van der Waals surface area (Å²) in [6, 6.07) is 22.6. The Balaban J connectivity index is 1.61. The highest BCUT2D eigenvalue weighted by atomic mass is 16.5. The summed E-state index contributed by atoms with van der Waals surface area (Å²) >= 11 is 0. The standard InChI is InChI=1S/C32H36N2O6/c1-4-18-32(31(36)33-19-17-23-9-13-26(37-2)14-10-23)29(25-7-5-8-28(22-25)38-3)40-30(34-32)24-11-15-27(16-12-24)39-21-6-20-35/h4-5,7-16,22,29,35H,1,6,17-21H2,2-3H3,(H,33,36)/t29-,32-/m1/s1. The molecule has 0 saturated heterocycles. The van der Waals surface area contributed by atoms with E-state index in [1.165, 1.54) is 0 Å². The van der Waals surface area contributed by atoms with Gasteiger partial charge < -0.3 is 29.4 Å². The number of nitrogens with zero attached hydrogens (tertiary/aromatic N) is 1. The maximum atomic E-state index is 13.9. The van der Waals surface area contributed by atoms with Crippen LogP contribution in [0.4, 0.5) is 0 Å². The van der Waals surface area contributed by atoms with Gasteiger partial charge in [0.15, 0.2) is 11.6 Å². The van der Waals surface area contributed by atoms with Crippen LogP contribution in [0.5, 0.6) is 17.2 Å². The van der Waals surface area contributed by atoms with Crippen molar-refractivity contribution in [2.45, 2.75) is 30.9 Å². The van der Waals surface area contributed by atoms with Crippen molar-refractivity contribution in [2.24, 2.45) is 4.99 Å². The van der Waals surface area contributed by atoms with Crippen molar-refractivity contribution in [2.75, 3.05) is 34.0 Å². The summed E-state index contributed by atoms with van der Waals surface area (Å²) in [5.74, 6) is 2.24. The highest BCUT2D eigenvalue weighted by molar-refractivity contribution is 6.01. The van der Waals surface area contributed by atoms with Gasteiger partial charge in [-0.3, -0.25) is 4.79 Å². The highest BCUT2D eigenvalue weighted by Crippen LogP contribution is 2.43. The van der Waals surface area contributed by atoms with Gasteiger partial charge in [0, 0.05) is 31.6 Å². The van der Waals surface area contributed by atoms with Crippen LogP contribution in [0, 0.1) is 0 Å². The summed E-state index contributed by atoms with van der Waals surface area (Å²) in [5, 5.41) is 12.1. The van der Waals surface area contributed by atoms with Crippen molar-refractivity contribution in [3.63, 3.8) is 0 Å². The molecule has 3 aromatic carbocycles. The normalized spacial score (nSPS) is 17.9. The molecular formula is C32H36N2O6. The predicted molar refractivity (Wildman–Crippen MR) is 154 cm³/mol. The van der Waals surface area contributed by atoms with E-state index in [9.17, 15) is 4.79 Å². The molecule has 1 heterocycles. The fourth-order valence-electron chi connectivity index (χ4n) is 4.61. The number of carbonyl (C=O) groups is 1. The molecule has 0 unspecified atom stereocenters. The quantitative estimate of drug-likeness (QED) is 0.226. The van der Waals surface area contributed by atoms with Gasteiger partial charge in [-0.05, 0) is 66.1 Å². The van der Waals surface area contributed by atoms with Crippen LogP contribution in [0.2, 0.25) is 0 Å². The molecular weight excluding hydrogens is 508 g/mol. The fraction of sp³-hybridized carbons (Fsp3) is 0.312. The van der Waals surface area contributed by atoms with Crippen molar-refractivity contribution in [3.05, 3.63) is 102 Å². The third-order valence-electron chi connectivity index (χ3n) is 6.74. The van der Waals surface area contributed by atoms with Gasteiger partial charge in [-0.2, -0.15) is 0 Å². The summed E-state index contributed by atoms with van der Waals surface area (Å²) < 4.78 is 22.8. The molecule has 1 aliphatic rings. The van der Waals surface area contributed by atoms with Gasteiger partial charge in [-0.1, -0.05) is 30.3 Å². The second-order valence-electron chi connectivity index (χ2n) is 9.41. The molecule has 0 bridgehead atoms. The Kier molecular flexibility index (Phi) is 9.81. The first-order valence-electron chi connectivity index (χ1n) is 13.3. The molecule has 0 aromatic heterocycles. The van der Waals surface area contributed by atoms with Crippen LogP contribution in [-0.2, 0) is 16.0 Å². The molecule has 2 N–H and O–H groups in total. The van der Waals surface area contributed by atoms with E-state index in [4.69, 9.17) is 29.0 Å². The number of aliphatic imine (C=N–C) groups is 1. The van der Waals surface area contributed by atoms with Crippen LogP contribution in [0.15, 0.2) is 90.4 Å². The first-order chi connectivity index (χ1) is 19.5. The minimum absolute atomic E-state index is 0.0714. The molecule has 4 rings (SSSR count). The molecule has 40 heavy (non-hydrogen) atoms. The zero-order valence-corrected chi connectivity index (χ0v) is 23.0. The van der Waals surface area contributed by atoms with Crippen molar-refractivity contribution < 1.29 is 28.8 Å². The maximum absolute atomic E-state index is 13.9. The smallest absolute Gasteiger partial charge is 0.252 e. The van der Waals surface area contributed by atoms with Gasteiger partial charge in [-0.25, -0.2) is 4.99 Å². The molecule has 2 atom stereocenters. The van der Waals surface area contributed by atoms with Gasteiger partial charge >= 0.3 is 0 Å². The first kappa shape index (κ1) is 28.7. The minimum Gasteiger partial charge on any atom is -0.497 e. The Labute approximate surface area is 235 Å². The number of nitrogens with one attached hydrogen (secondary N) is 1. The molecule has 1 aliphatic heterocycles. The average molecular weight is 545 g/mol. The lowest BCUT2D eigenvalue weighted by Crippen LogP contribution is -2.48. The van der Waals surface area contributed by atoms with Crippen LogP contribution in [0.25, 0.3) is 0 Å². The second kappa shape index (κ2) is 13.7. The van der Waals surface area contributed by atoms with Crippen LogP contribution in [0.1, 0.15) is 35.6 Å². The van der Waals surface area contributed by atoms with Crippen molar-refractivity contribution in [1.82, 2.24) is 5.32 Å². The van der Waals surface area contributed by atoms with Gasteiger partial charge in [0.2, 0.25) is 5.90 Å². The van der Waals surface area contributed by atoms with Crippen LogP contribution in [-0.4, -0.2) is 56.4 Å². The predicted octanol–water partition coefficient (Wildman–Crippen LogP) is 4.66. The van der Waals surface area contributed by atoms with Crippen molar-refractivity contribution in [1.29, 1.82) is 0 Å². The number of carbonyl (C=O) groups excluding carboxylic acids is 1. The Bertz CT molecular complexity index is 1310. The lowest BCUT2D eigenvalue weighted by Gasteiger charge is -2.30. The molecule has 1 amide bonds. The Morgan fingerprint density at radius 1 is 1.05 bits per heavy atom. The average Bonchev–Trinajstić information content (AvgIpc) is 3.39. The van der Waals surface area contributed by atoms with E-state index >= 15 is 0 Å². The molecule has 0 radical (unpaired) electrons. The molecule has 3 aromatic rings. The summed E-state index contributed by atoms with van der Waals surface area (Å²) in [5.41, 5.74) is 1.31. The number of aliphatic hydroxyl groups excluding tert-OH is 1. The zero-order valence-electron chi connectivity index (χ0n) is 23.0. The van der Waals surface area contributed by atoms with Gasteiger partial charge in [0.1, 0.15) is 17.2 Å². The molecule has 8 heteroatoms. The number of methoxy groups -OCH3 is 2. The lowest BCUT2D eigenvalue weighted by molar-refractivity contribution is -0.128. The first-order valence-corrected chi connectivity index (χ1v) is 13.3. The Morgan fingerprint density at radius 3 is 2.45 bits per heavy atom. The van der Waals surface area contributed by atoms with E-state index in [0.29, 0.717) is 43.4 Å². The number of ether oxygens (including phenoxy) is 4. The van der Waals surface area contributed by atoms with E-state index in [1.807, 2.05) is 72.8 Å². The summed E-state index contributed by atoms with van der Waals surface area (Å²) in [7, 11) is 3.23. The summed E-state index contributed by atoms with van der Waals surface area (Å²) in [6.07, 6.45) is 2.48. The highest BCUT2D eigenvalue weighted by Gasteiger charge is 2.52. The van der Waals surface area contributed by atoms with Crippen molar-refractivity contribution in [3.8, 4) is 17.2 Å².